The fraction of sp³-hybridized carbons (Fsp3) is 0.562. The Morgan fingerprint density at radius 3 is 2.21 bits per heavy atom. The van der Waals surface area contributed by atoms with E-state index < -0.39 is 0 Å². The second kappa shape index (κ2) is 6.83. The summed E-state index contributed by atoms with van der Waals surface area (Å²) >= 11 is 0. The molecule has 0 spiro atoms. The topological polar surface area (TPSA) is 23.6 Å². The molecule has 19 heavy (non-hydrogen) atoms. The monoisotopic (exact) mass is 260 g/mol. The Morgan fingerprint density at radius 1 is 1.05 bits per heavy atom. The zero-order chi connectivity index (χ0) is 13.7. The Morgan fingerprint density at radius 2 is 1.63 bits per heavy atom. The van der Waals surface area contributed by atoms with E-state index in [0.29, 0.717) is 6.42 Å². The molecule has 1 aliphatic heterocycles. The molecule has 2 rings (SSSR count). The molecule has 0 atom stereocenters. The lowest BCUT2D eigenvalue weighted by Gasteiger charge is -2.32. The van der Waals surface area contributed by atoms with Crippen LogP contribution in [-0.4, -0.2) is 55.4 Å². The van der Waals surface area contributed by atoms with Gasteiger partial charge in [0, 0.05) is 39.1 Å². The molecule has 0 amide bonds. The largest absolute Gasteiger partial charge is 0.304 e. The Hall–Kier alpha value is -1.19. The molecule has 3 heteroatoms. The van der Waals surface area contributed by atoms with Gasteiger partial charge in [-0.1, -0.05) is 24.3 Å². The summed E-state index contributed by atoms with van der Waals surface area (Å²) in [6.45, 7) is 7.49. The quantitative estimate of drug-likeness (QED) is 0.803. The summed E-state index contributed by atoms with van der Waals surface area (Å²) in [5.41, 5.74) is 2.49. The van der Waals surface area contributed by atoms with Crippen LogP contribution in [-0.2, 0) is 17.6 Å². The highest BCUT2D eigenvalue weighted by molar-refractivity contribution is 5.78. The normalized spacial score (nSPS) is 17.6. The van der Waals surface area contributed by atoms with Crippen LogP contribution in [0, 0.1) is 0 Å². The van der Waals surface area contributed by atoms with E-state index in [1.807, 2.05) is 0 Å². The number of rotatable bonds is 5. The van der Waals surface area contributed by atoms with E-state index in [1.165, 1.54) is 31.7 Å². The van der Waals surface area contributed by atoms with Gasteiger partial charge in [-0.2, -0.15) is 0 Å². The predicted molar refractivity (Wildman–Crippen MR) is 78.5 cm³/mol. The molecule has 3 nitrogen and oxygen atoms in total. The molecule has 1 aliphatic rings. The standard InChI is InChI=1S/C16H24N2O/c1-14(19)13-16-5-3-15(4-6-16)7-8-18-11-9-17(2)10-12-18/h3-6H,7-13H2,1-2H3. The van der Waals surface area contributed by atoms with Crippen LogP contribution in [0.1, 0.15) is 18.1 Å². The number of benzene rings is 1. The number of hydrogen-bond acceptors (Lipinski definition) is 3. The first-order valence-electron chi connectivity index (χ1n) is 7.11. The molecular formula is C16H24N2O. The molecule has 0 aliphatic carbocycles. The van der Waals surface area contributed by atoms with Crippen LogP contribution in [0.2, 0.25) is 0 Å². The van der Waals surface area contributed by atoms with E-state index in [0.717, 1.165) is 18.5 Å². The average Bonchev–Trinajstić information content (AvgIpc) is 2.39. The smallest absolute Gasteiger partial charge is 0.134 e. The average molecular weight is 260 g/mol. The minimum absolute atomic E-state index is 0.227. The third-order valence-electron chi connectivity index (χ3n) is 3.79. The van der Waals surface area contributed by atoms with Crippen molar-refractivity contribution < 1.29 is 4.79 Å². The van der Waals surface area contributed by atoms with Gasteiger partial charge in [0.25, 0.3) is 0 Å². The zero-order valence-corrected chi connectivity index (χ0v) is 12.1. The highest BCUT2D eigenvalue weighted by atomic mass is 16.1. The molecule has 0 radical (unpaired) electrons. The minimum atomic E-state index is 0.227. The number of carbonyl (C=O) groups excluding carboxylic acids is 1. The van der Waals surface area contributed by atoms with Crippen molar-refractivity contribution in [1.82, 2.24) is 9.80 Å². The molecule has 0 saturated carbocycles. The number of carbonyl (C=O) groups is 1. The van der Waals surface area contributed by atoms with Crippen LogP contribution >= 0.6 is 0 Å². The molecule has 1 saturated heterocycles. The van der Waals surface area contributed by atoms with Crippen molar-refractivity contribution >= 4 is 5.78 Å². The van der Waals surface area contributed by atoms with Gasteiger partial charge in [-0.25, -0.2) is 0 Å². The van der Waals surface area contributed by atoms with E-state index in [2.05, 4.69) is 41.1 Å². The lowest BCUT2D eigenvalue weighted by atomic mass is 10.1. The maximum atomic E-state index is 11.0. The Kier molecular flexibility index (Phi) is 5.11. The fourth-order valence-corrected chi connectivity index (χ4v) is 2.47. The third kappa shape index (κ3) is 4.77. The van der Waals surface area contributed by atoms with Crippen molar-refractivity contribution in [3.05, 3.63) is 35.4 Å². The van der Waals surface area contributed by atoms with Gasteiger partial charge in [0.05, 0.1) is 0 Å². The molecule has 0 N–H and O–H groups in total. The summed E-state index contributed by atoms with van der Waals surface area (Å²) in [4.78, 5) is 16.0. The first kappa shape index (κ1) is 14.2. The number of nitrogens with zero attached hydrogens (tertiary/aromatic N) is 2. The molecule has 104 valence electrons. The maximum absolute atomic E-state index is 11.0. The molecular weight excluding hydrogens is 236 g/mol. The molecule has 1 heterocycles. The summed E-state index contributed by atoms with van der Waals surface area (Å²) in [6, 6.07) is 8.49. The second-order valence-corrected chi connectivity index (χ2v) is 5.59. The van der Waals surface area contributed by atoms with Crippen LogP contribution in [0.4, 0.5) is 0 Å². The van der Waals surface area contributed by atoms with Gasteiger partial charge >= 0.3 is 0 Å². The van der Waals surface area contributed by atoms with Crippen LogP contribution < -0.4 is 0 Å². The van der Waals surface area contributed by atoms with E-state index in [1.54, 1.807) is 6.92 Å². The summed E-state index contributed by atoms with van der Waals surface area (Å²) < 4.78 is 0. The summed E-state index contributed by atoms with van der Waals surface area (Å²) in [5.74, 6) is 0.227. The van der Waals surface area contributed by atoms with Gasteiger partial charge in [-0.3, -0.25) is 4.79 Å². The Bertz CT molecular complexity index is 405. The Labute approximate surface area is 116 Å². The molecule has 0 unspecified atom stereocenters. The first-order chi connectivity index (χ1) is 9.13. The van der Waals surface area contributed by atoms with Crippen LogP contribution in [0.5, 0.6) is 0 Å². The summed E-state index contributed by atoms with van der Waals surface area (Å²) in [7, 11) is 2.19. The number of ketones is 1. The molecule has 0 bridgehead atoms. The first-order valence-corrected chi connectivity index (χ1v) is 7.11. The lowest BCUT2D eigenvalue weighted by Crippen LogP contribution is -2.45. The number of piperazine rings is 1. The highest BCUT2D eigenvalue weighted by Crippen LogP contribution is 2.08. The SMILES string of the molecule is CC(=O)Cc1ccc(CCN2CCN(C)CC2)cc1. The van der Waals surface area contributed by atoms with Gasteiger partial charge in [0.2, 0.25) is 0 Å². The lowest BCUT2D eigenvalue weighted by molar-refractivity contribution is -0.116. The van der Waals surface area contributed by atoms with Gasteiger partial charge in [0.1, 0.15) is 5.78 Å². The van der Waals surface area contributed by atoms with Crippen molar-refractivity contribution in [2.75, 3.05) is 39.8 Å². The fourth-order valence-electron chi connectivity index (χ4n) is 2.47. The van der Waals surface area contributed by atoms with E-state index in [-0.39, 0.29) is 5.78 Å². The second-order valence-electron chi connectivity index (χ2n) is 5.59. The maximum Gasteiger partial charge on any atom is 0.134 e. The van der Waals surface area contributed by atoms with Crippen molar-refractivity contribution in [3.8, 4) is 0 Å². The third-order valence-corrected chi connectivity index (χ3v) is 3.79. The van der Waals surface area contributed by atoms with E-state index in [9.17, 15) is 4.79 Å². The van der Waals surface area contributed by atoms with Gasteiger partial charge in [0.15, 0.2) is 0 Å². The van der Waals surface area contributed by atoms with Gasteiger partial charge in [-0.15, -0.1) is 0 Å². The highest BCUT2D eigenvalue weighted by Gasteiger charge is 2.12. The van der Waals surface area contributed by atoms with E-state index >= 15 is 0 Å². The van der Waals surface area contributed by atoms with Crippen LogP contribution in [0.25, 0.3) is 0 Å². The number of hydrogen-bond donors (Lipinski definition) is 0. The number of likely N-dealkylation sites (N-methyl/N-ethyl adjacent to an activating group) is 1. The summed E-state index contributed by atoms with van der Waals surface area (Å²) in [6.07, 6.45) is 1.66. The van der Waals surface area contributed by atoms with Crippen molar-refractivity contribution in [2.24, 2.45) is 0 Å². The van der Waals surface area contributed by atoms with Gasteiger partial charge < -0.3 is 9.80 Å². The van der Waals surface area contributed by atoms with Crippen molar-refractivity contribution in [3.63, 3.8) is 0 Å². The molecule has 0 aromatic heterocycles. The van der Waals surface area contributed by atoms with Crippen molar-refractivity contribution in [1.29, 1.82) is 0 Å². The minimum Gasteiger partial charge on any atom is -0.304 e. The molecule has 1 aromatic rings. The zero-order valence-electron chi connectivity index (χ0n) is 12.1. The predicted octanol–water partition coefficient (Wildman–Crippen LogP) is 1.61. The molecule has 1 fully saturated rings. The van der Waals surface area contributed by atoms with Crippen molar-refractivity contribution in [2.45, 2.75) is 19.8 Å². The van der Waals surface area contributed by atoms with Crippen LogP contribution in [0.15, 0.2) is 24.3 Å². The Balaban J connectivity index is 1.78. The van der Waals surface area contributed by atoms with Gasteiger partial charge in [-0.05, 0) is 31.5 Å². The van der Waals surface area contributed by atoms with E-state index in [4.69, 9.17) is 0 Å². The summed E-state index contributed by atoms with van der Waals surface area (Å²) in [5, 5.41) is 0. The number of Topliss-reactive ketones (excluding diaryl/α,β-unsaturated/α-hetero) is 1. The molecule has 1 aromatic carbocycles. The van der Waals surface area contributed by atoms with Crippen LogP contribution in [0.3, 0.4) is 0 Å².